The Bertz CT molecular complexity index is 740. The fourth-order valence-electron chi connectivity index (χ4n) is 1.97. The molecule has 2 aromatic rings. The summed E-state index contributed by atoms with van der Waals surface area (Å²) in [5.74, 6) is -0.165. The molecule has 124 valence electrons. The van der Waals surface area contributed by atoms with Crippen LogP contribution in [0.15, 0.2) is 54.6 Å². The Morgan fingerprint density at radius 3 is 2.38 bits per heavy atom. The molecule has 0 saturated carbocycles. The number of benzene rings is 2. The number of carbonyl (C=O) groups excluding carboxylic acids is 2. The third-order valence-corrected chi connectivity index (χ3v) is 3.10. The van der Waals surface area contributed by atoms with E-state index in [2.05, 4.69) is 5.48 Å². The quantitative estimate of drug-likeness (QED) is 0.675. The van der Waals surface area contributed by atoms with Crippen LogP contribution in [0.3, 0.4) is 0 Å². The van der Waals surface area contributed by atoms with Crippen molar-refractivity contribution in [3.8, 4) is 11.5 Å². The maximum Gasteiger partial charge on any atom is 0.362 e. The summed E-state index contributed by atoms with van der Waals surface area (Å²) in [4.78, 5) is 28.2. The first-order valence-electron chi connectivity index (χ1n) is 7.11. The largest absolute Gasteiger partial charge is 0.493 e. The highest BCUT2D eigenvalue weighted by molar-refractivity contribution is 5.94. The Hall–Kier alpha value is -3.28. The fourth-order valence-corrected chi connectivity index (χ4v) is 1.97. The van der Waals surface area contributed by atoms with Crippen LogP contribution in [-0.2, 0) is 9.63 Å². The van der Waals surface area contributed by atoms with Crippen molar-refractivity contribution in [3.63, 3.8) is 0 Å². The van der Waals surface area contributed by atoms with Gasteiger partial charge in [0.1, 0.15) is 0 Å². The molecule has 0 aliphatic heterocycles. The molecule has 6 nitrogen and oxygen atoms in total. The van der Waals surface area contributed by atoms with E-state index in [-0.39, 0.29) is 0 Å². The maximum absolute atomic E-state index is 11.8. The van der Waals surface area contributed by atoms with Crippen LogP contribution in [0.4, 0.5) is 0 Å². The summed E-state index contributed by atoms with van der Waals surface area (Å²) < 4.78 is 10.4. The van der Waals surface area contributed by atoms with Gasteiger partial charge in [0.2, 0.25) is 0 Å². The van der Waals surface area contributed by atoms with Crippen LogP contribution in [0.25, 0.3) is 6.08 Å². The summed E-state index contributed by atoms with van der Waals surface area (Å²) in [7, 11) is 3.04. The minimum absolute atomic E-state index is 0.344. The predicted molar refractivity (Wildman–Crippen MR) is 88.6 cm³/mol. The molecule has 24 heavy (non-hydrogen) atoms. The van der Waals surface area contributed by atoms with Crippen LogP contribution in [-0.4, -0.2) is 26.1 Å². The number of amides is 1. The van der Waals surface area contributed by atoms with Crippen molar-refractivity contribution >= 4 is 18.0 Å². The standard InChI is InChI=1S/C18H17NO5/c1-22-15-10-6-9-13(17(15)23-2)11-12-16(20)19-24-18(21)14-7-4-3-5-8-14/h3-12H,1-2H3,(H,19,20). The number of nitrogens with one attached hydrogen (secondary N) is 1. The number of ether oxygens (including phenoxy) is 2. The van der Waals surface area contributed by atoms with Gasteiger partial charge in [0.25, 0.3) is 5.91 Å². The minimum atomic E-state index is -0.642. The zero-order chi connectivity index (χ0) is 17.4. The van der Waals surface area contributed by atoms with Crippen LogP contribution < -0.4 is 15.0 Å². The first-order valence-corrected chi connectivity index (χ1v) is 7.11. The van der Waals surface area contributed by atoms with Gasteiger partial charge in [-0.05, 0) is 24.3 Å². The molecule has 0 spiro atoms. The smallest absolute Gasteiger partial charge is 0.362 e. The molecule has 0 bridgehead atoms. The van der Waals surface area contributed by atoms with Gasteiger partial charge in [0, 0.05) is 11.6 Å². The lowest BCUT2D eigenvalue weighted by Crippen LogP contribution is -2.25. The van der Waals surface area contributed by atoms with E-state index in [1.165, 1.54) is 26.4 Å². The molecule has 1 amide bonds. The highest BCUT2D eigenvalue weighted by Gasteiger charge is 2.09. The second-order valence-corrected chi connectivity index (χ2v) is 4.64. The van der Waals surface area contributed by atoms with E-state index in [1.807, 2.05) is 0 Å². The lowest BCUT2D eigenvalue weighted by atomic mass is 10.1. The molecule has 0 saturated heterocycles. The fraction of sp³-hybridized carbons (Fsp3) is 0.111. The Balaban J connectivity index is 1.97. The molecule has 0 aliphatic rings. The van der Waals surface area contributed by atoms with Crippen molar-refractivity contribution in [1.29, 1.82) is 0 Å². The number of hydrogen-bond acceptors (Lipinski definition) is 5. The number of carbonyl (C=O) groups is 2. The van der Waals surface area contributed by atoms with Crippen LogP contribution in [0.1, 0.15) is 15.9 Å². The summed E-state index contributed by atoms with van der Waals surface area (Å²) in [5.41, 5.74) is 3.07. The molecule has 1 N–H and O–H groups in total. The molecule has 0 aromatic heterocycles. The molecular formula is C18H17NO5. The molecule has 0 fully saturated rings. The number of rotatable bonds is 5. The van der Waals surface area contributed by atoms with Gasteiger partial charge in [0.15, 0.2) is 11.5 Å². The molecule has 0 atom stereocenters. The van der Waals surface area contributed by atoms with Gasteiger partial charge in [-0.3, -0.25) is 4.79 Å². The Kier molecular flexibility index (Phi) is 5.96. The van der Waals surface area contributed by atoms with Gasteiger partial charge < -0.3 is 14.3 Å². The maximum atomic E-state index is 11.8. The SMILES string of the molecule is COc1cccc(C=CC(=O)NOC(=O)c2ccccc2)c1OC. The van der Waals surface area contributed by atoms with Crippen LogP contribution in [0, 0.1) is 0 Å². The van der Waals surface area contributed by atoms with Gasteiger partial charge in [-0.1, -0.05) is 30.3 Å². The lowest BCUT2D eigenvalue weighted by Gasteiger charge is -2.09. The van der Waals surface area contributed by atoms with Crippen LogP contribution >= 0.6 is 0 Å². The highest BCUT2D eigenvalue weighted by atomic mass is 16.7. The summed E-state index contributed by atoms with van der Waals surface area (Å²) >= 11 is 0. The van der Waals surface area contributed by atoms with Gasteiger partial charge in [-0.15, -0.1) is 0 Å². The zero-order valence-corrected chi connectivity index (χ0v) is 13.3. The number of hydroxylamine groups is 1. The monoisotopic (exact) mass is 327 g/mol. The highest BCUT2D eigenvalue weighted by Crippen LogP contribution is 2.31. The molecule has 0 radical (unpaired) electrons. The van der Waals surface area contributed by atoms with E-state index in [1.54, 1.807) is 48.5 Å². The number of hydrogen-bond donors (Lipinski definition) is 1. The summed E-state index contributed by atoms with van der Waals surface area (Å²) in [6.07, 6.45) is 2.77. The first kappa shape index (κ1) is 17.1. The summed E-state index contributed by atoms with van der Waals surface area (Å²) in [6, 6.07) is 13.6. The molecular weight excluding hydrogens is 310 g/mol. The summed E-state index contributed by atoms with van der Waals surface area (Å²) in [5, 5.41) is 0. The van der Waals surface area contributed by atoms with E-state index in [0.717, 1.165) is 0 Å². The zero-order valence-electron chi connectivity index (χ0n) is 13.3. The Labute approximate surface area is 139 Å². The van der Waals surface area contributed by atoms with Crippen molar-refractivity contribution in [2.24, 2.45) is 0 Å². The molecule has 0 aliphatic carbocycles. The minimum Gasteiger partial charge on any atom is -0.493 e. The van der Waals surface area contributed by atoms with E-state index in [9.17, 15) is 9.59 Å². The molecule has 2 rings (SSSR count). The normalized spacial score (nSPS) is 10.2. The van der Waals surface area contributed by atoms with Gasteiger partial charge in [-0.2, -0.15) is 5.48 Å². The van der Waals surface area contributed by atoms with Crippen LogP contribution in [0.5, 0.6) is 11.5 Å². The Morgan fingerprint density at radius 1 is 0.958 bits per heavy atom. The van der Waals surface area contributed by atoms with Crippen LogP contribution in [0.2, 0.25) is 0 Å². The van der Waals surface area contributed by atoms with Crippen molar-refractivity contribution in [2.75, 3.05) is 14.2 Å². The number of methoxy groups -OCH3 is 2. The third-order valence-electron chi connectivity index (χ3n) is 3.10. The third kappa shape index (κ3) is 4.36. The van der Waals surface area contributed by atoms with E-state index in [4.69, 9.17) is 14.3 Å². The van der Waals surface area contributed by atoms with Crippen molar-refractivity contribution in [1.82, 2.24) is 5.48 Å². The Morgan fingerprint density at radius 2 is 1.71 bits per heavy atom. The van der Waals surface area contributed by atoms with E-state index >= 15 is 0 Å². The topological polar surface area (TPSA) is 73.9 Å². The molecule has 0 unspecified atom stereocenters. The average Bonchev–Trinajstić information content (AvgIpc) is 2.64. The molecule has 0 heterocycles. The number of para-hydroxylation sites is 1. The van der Waals surface area contributed by atoms with Crippen molar-refractivity contribution in [2.45, 2.75) is 0 Å². The summed E-state index contributed by atoms with van der Waals surface area (Å²) in [6.45, 7) is 0. The molecule has 6 heteroatoms. The van der Waals surface area contributed by atoms with E-state index in [0.29, 0.717) is 22.6 Å². The second kappa shape index (κ2) is 8.38. The van der Waals surface area contributed by atoms with Gasteiger partial charge >= 0.3 is 5.97 Å². The average molecular weight is 327 g/mol. The predicted octanol–water partition coefficient (Wildman–Crippen LogP) is 2.61. The molecule has 2 aromatic carbocycles. The van der Waals surface area contributed by atoms with Crippen molar-refractivity contribution < 1.29 is 23.9 Å². The second-order valence-electron chi connectivity index (χ2n) is 4.64. The van der Waals surface area contributed by atoms with Crippen molar-refractivity contribution in [3.05, 3.63) is 65.7 Å². The lowest BCUT2D eigenvalue weighted by molar-refractivity contribution is -0.124. The van der Waals surface area contributed by atoms with Gasteiger partial charge in [0.05, 0.1) is 19.8 Å². The first-order chi connectivity index (χ1) is 11.7. The van der Waals surface area contributed by atoms with E-state index < -0.39 is 11.9 Å². The van der Waals surface area contributed by atoms with Gasteiger partial charge in [-0.25, -0.2) is 4.79 Å².